The topological polar surface area (TPSA) is 79.2 Å². The van der Waals surface area contributed by atoms with E-state index in [1.807, 2.05) is 78.9 Å². The Morgan fingerprint density at radius 3 is 2.15 bits per heavy atom. The molecule has 0 spiro atoms. The molecule has 0 radical (unpaired) electrons. The molecule has 1 N–H and O–H groups in total. The fourth-order valence-corrected chi connectivity index (χ4v) is 6.95. The molecule has 1 amide bonds. The highest BCUT2D eigenvalue weighted by Gasteiger charge is 2.34. The van der Waals surface area contributed by atoms with Crippen LogP contribution in [0.4, 0.5) is 11.4 Å². The Bertz CT molecular complexity index is 1570. The molecule has 0 saturated carbocycles. The standard InChI is InChI=1S/C30H20I2N2O4S/c31-24-15-20(16-25(32)27(24)38-18-19-11-13-21(14-12-19)29(36)37)17-26-28(35)34(23-9-5-2-6-10-23)30(39-26)33-22-7-3-1-4-8-22/h1-17H,18H2,(H,36,37)/b26-17-,33-30?. The maximum absolute atomic E-state index is 13.6. The van der Waals surface area contributed by atoms with E-state index in [1.165, 1.54) is 11.8 Å². The molecule has 0 bridgehead atoms. The van der Waals surface area contributed by atoms with Gasteiger partial charge in [-0.25, -0.2) is 9.79 Å². The zero-order chi connectivity index (χ0) is 27.4. The molecule has 1 aliphatic rings. The van der Waals surface area contributed by atoms with Crippen molar-refractivity contribution in [2.75, 3.05) is 4.90 Å². The van der Waals surface area contributed by atoms with Crippen molar-refractivity contribution >= 4 is 91.4 Å². The van der Waals surface area contributed by atoms with Crippen molar-refractivity contribution in [3.05, 3.63) is 126 Å². The average Bonchev–Trinajstić information content (AvgIpc) is 3.23. The minimum absolute atomic E-state index is 0.129. The van der Waals surface area contributed by atoms with Crippen LogP contribution in [-0.4, -0.2) is 22.2 Å². The molecule has 0 aliphatic carbocycles. The largest absolute Gasteiger partial charge is 0.487 e. The van der Waals surface area contributed by atoms with Gasteiger partial charge in [-0.15, -0.1) is 0 Å². The molecule has 1 aliphatic heterocycles. The minimum Gasteiger partial charge on any atom is -0.487 e. The number of para-hydroxylation sites is 2. The molecule has 0 atom stereocenters. The van der Waals surface area contributed by atoms with Gasteiger partial charge in [0.2, 0.25) is 0 Å². The number of anilines is 1. The molecule has 1 fully saturated rings. The molecular weight excluding hydrogens is 738 g/mol. The molecule has 4 aromatic carbocycles. The Labute approximate surface area is 257 Å². The maximum Gasteiger partial charge on any atom is 0.335 e. The number of hydrogen-bond acceptors (Lipinski definition) is 5. The third-order valence-corrected chi connectivity index (χ3v) is 8.28. The van der Waals surface area contributed by atoms with Gasteiger partial charge in [0.1, 0.15) is 12.4 Å². The fourth-order valence-electron chi connectivity index (χ4n) is 3.82. The summed E-state index contributed by atoms with van der Waals surface area (Å²) in [6, 6.07) is 29.7. The Balaban J connectivity index is 1.40. The summed E-state index contributed by atoms with van der Waals surface area (Å²) >= 11 is 5.81. The smallest absolute Gasteiger partial charge is 0.335 e. The first-order valence-corrected chi connectivity index (χ1v) is 14.7. The first kappa shape index (κ1) is 27.4. The van der Waals surface area contributed by atoms with Crippen molar-refractivity contribution < 1.29 is 19.4 Å². The van der Waals surface area contributed by atoms with Gasteiger partial charge in [-0.1, -0.05) is 48.5 Å². The number of hydrogen-bond donors (Lipinski definition) is 1. The Morgan fingerprint density at radius 2 is 1.54 bits per heavy atom. The zero-order valence-corrected chi connectivity index (χ0v) is 25.4. The van der Waals surface area contributed by atoms with E-state index in [9.17, 15) is 9.59 Å². The summed E-state index contributed by atoms with van der Waals surface area (Å²) in [6.45, 7) is 0.312. The molecule has 1 saturated heterocycles. The van der Waals surface area contributed by atoms with Crippen LogP contribution >= 0.6 is 56.9 Å². The number of aromatic carboxylic acids is 1. The summed E-state index contributed by atoms with van der Waals surface area (Å²) in [6.07, 6.45) is 1.88. The van der Waals surface area contributed by atoms with E-state index in [1.54, 1.807) is 29.2 Å². The highest BCUT2D eigenvalue weighted by atomic mass is 127. The third-order valence-electron chi connectivity index (χ3n) is 5.70. The van der Waals surface area contributed by atoms with E-state index in [-0.39, 0.29) is 11.5 Å². The number of nitrogens with zero attached hydrogens (tertiary/aromatic N) is 2. The maximum atomic E-state index is 13.6. The highest BCUT2D eigenvalue weighted by molar-refractivity contribution is 14.1. The Kier molecular flexibility index (Phi) is 8.68. The predicted octanol–water partition coefficient (Wildman–Crippen LogP) is 7.98. The molecule has 0 aromatic heterocycles. The van der Waals surface area contributed by atoms with E-state index in [0.29, 0.717) is 16.7 Å². The molecule has 0 unspecified atom stereocenters. The Hall–Kier alpha value is -3.16. The van der Waals surface area contributed by atoms with Gasteiger partial charge < -0.3 is 9.84 Å². The van der Waals surface area contributed by atoms with Crippen LogP contribution in [-0.2, 0) is 11.4 Å². The number of carbonyl (C=O) groups excluding carboxylic acids is 1. The quantitative estimate of drug-likeness (QED) is 0.153. The summed E-state index contributed by atoms with van der Waals surface area (Å²) in [5.74, 6) is -0.347. The SMILES string of the molecule is O=C(O)c1ccc(COc2c(I)cc(/C=C3\SC(=Nc4ccccc4)N(c4ccccc4)C3=O)cc2I)cc1. The zero-order valence-electron chi connectivity index (χ0n) is 20.3. The lowest BCUT2D eigenvalue weighted by Gasteiger charge is -2.15. The van der Waals surface area contributed by atoms with Crippen LogP contribution in [0.15, 0.2) is 107 Å². The number of carbonyl (C=O) groups is 2. The lowest BCUT2D eigenvalue weighted by atomic mass is 10.1. The van der Waals surface area contributed by atoms with Crippen LogP contribution in [0.1, 0.15) is 21.5 Å². The van der Waals surface area contributed by atoms with E-state index >= 15 is 0 Å². The molecule has 194 valence electrons. The van der Waals surface area contributed by atoms with Gasteiger partial charge in [0.15, 0.2) is 5.17 Å². The molecule has 5 rings (SSSR count). The molecule has 9 heteroatoms. The minimum atomic E-state index is -0.958. The van der Waals surface area contributed by atoms with Crippen LogP contribution in [0.25, 0.3) is 6.08 Å². The number of carboxylic acid groups (broad SMARTS) is 1. The number of carboxylic acids is 1. The van der Waals surface area contributed by atoms with Crippen LogP contribution in [0, 0.1) is 7.14 Å². The number of benzene rings is 4. The van der Waals surface area contributed by atoms with Gasteiger partial charge in [-0.3, -0.25) is 9.69 Å². The lowest BCUT2D eigenvalue weighted by Crippen LogP contribution is -2.28. The van der Waals surface area contributed by atoms with Gasteiger partial charge in [-0.2, -0.15) is 0 Å². The normalized spacial score (nSPS) is 15.2. The van der Waals surface area contributed by atoms with E-state index in [2.05, 4.69) is 45.2 Å². The summed E-state index contributed by atoms with van der Waals surface area (Å²) in [5, 5.41) is 9.68. The summed E-state index contributed by atoms with van der Waals surface area (Å²) in [7, 11) is 0. The van der Waals surface area contributed by atoms with Crippen molar-refractivity contribution in [1.82, 2.24) is 0 Å². The van der Waals surface area contributed by atoms with Crippen LogP contribution in [0.2, 0.25) is 0 Å². The van der Waals surface area contributed by atoms with E-state index in [4.69, 9.17) is 14.8 Å². The summed E-state index contributed by atoms with van der Waals surface area (Å²) in [4.78, 5) is 31.6. The lowest BCUT2D eigenvalue weighted by molar-refractivity contribution is -0.113. The number of amides is 1. The molecule has 4 aromatic rings. The van der Waals surface area contributed by atoms with Crippen molar-refractivity contribution in [1.29, 1.82) is 0 Å². The van der Waals surface area contributed by atoms with Crippen molar-refractivity contribution in [3.63, 3.8) is 0 Å². The Morgan fingerprint density at radius 1 is 0.923 bits per heavy atom. The second-order valence-corrected chi connectivity index (χ2v) is 11.8. The summed E-state index contributed by atoms with van der Waals surface area (Å²) < 4.78 is 7.89. The van der Waals surface area contributed by atoms with Gasteiger partial charge in [-0.05, 0) is 123 Å². The number of thioether (sulfide) groups is 1. The van der Waals surface area contributed by atoms with Crippen LogP contribution in [0.5, 0.6) is 5.75 Å². The number of aliphatic imine (C=N–C) groups is 1. The number of rotatable bonds is 7. The van der Waals surface area contributed by atoms with Crippen LogP contribution < -0.4 is 9.64 Å². The average molecular weight is 758 g/mol. The van der Waals surface area contributed by atoms with Crippen molar-refractivity contribution in [2.24, 2.45) is 4.99 Å². The van der Waals surface area contributed by atoms with Gasteiger partial charge in [0, 0.05) is 0 Å². The number of amidine groups is 1. The van der Waals surface area contributed by atoms with Crippen molar-refractivity contribution in [2.45, 2.75) is 6.61 Å². The highest BCUT2D eigenvalue weighted by Crippen LogP contribution is 2.38. The first-order chi connectivity index (χ1) is 18.9. The number of ether oxygens (including phenoxy) is 1. The summed E-state index contributed by atoms with van der Waals surface area (Å²) in [5.41, 5.74) is 3.53. The van der Waals surface area contributed by atoms with E-state index < -0.39 is 5.97 Å². The monoisotopic (exact) mass is 758 g/mol. The predicted molar refractivity (Wildman–Crippen MR) is 173 cm³/mol. The molecular formula is C30H20I2N2O4S. The number of halogens is 2. The van der Waals surface area contributed by atoms with Gasteiger partial charge in [0.25, 0.3) is 5.91 Å². The molecule has 39 heavy (non-hydrogen) atoms. The third kappa shape index (κ3) is 6.53. The van der Waals surface area contributed by atoms with Gasteiger partial charge >= 0.3 is 5.97 Å². The van der Waals surface area contributed by atoms with Gasteiger partial charge in [0.05, 0.1) is 29.0 Å². The fraction of sp³-hybridized carbons (Fsp3) is 0.0333. The second-order valence-electron chi connectivity index (χ2n) is 8.42. The first-order valence-electron chi connectivity index (χ1n) is 11.8. The second kappa shape index (κ2) is 12.3. The molecule has 1 heterocycles. The van der Waals surface area contributed by atoms with E-state index in [0.717, 1.165) is 35.4 Å². The molecule has 6 nitrogen and oxygen atoms in total. The van der Waals surface area contributed by atoms with Crippen LogP contribution in [0.3, 0.4) is 0 Å². The van der Waals surface area contributed by atoms with Crippen molar-refractivity contribution in [3.8, 4) is 5.75 Å².